The second kappa shape index (κ2) is 10.6. The summed E-state index contributed by atoms with van der Waals surface area (Å²) in [5.74, 6) is -0.0166. The van der Waals surface area contributed by atoms with Gasteiger partial charge < -0.3 is 14.9 Å². The van der Waals surface area contributed by atoms with Crippen molar-refractivity contribution in [2.75, 3.05) is 46.5 Å². The quantitative estimate of drug-likeness (QED) is 0.549. The summed E-state index contributed by atoms with van der Waals surface area (Å²) in [7, 11) is 1.47. The summed E-state index contributed by atoms with van der Waals surface area (Å²) < 4.78 is 5.30. The van der Waals surface area contributed by atoms with E-state index < -0.39 is 0 Å². The number of hydrogen-bond acceptors (Lipinski definition) is 5. The first-order valence-electron chi connectivity index (χ1n) is 8.22. The van der Waals surface area contributed by atoms with E-state index in [2.05, 4.69) is 15.4 Å². The molecule has 0 spiro atoms. The van der Waals surface area contributed by atoms with Crippen molar-refractivity contribution in [1.82, 2.24) is 10.2 Å². The van der Waals surface area contributed by atoms with E-state index >= 15 is 0 Å². The first kappa shape index (κ1) is 20.0. The summed E-state index contributed by atoms with van der Waals surface area (Å²) in [6.07, 6.45) is 0.779. The van der Waals surface area contributed by atoms with Gasteiger partial charge in [-0.2, -0.15) is 0 Å². The summed E-state index contributed by atoms with van der Waals surface area (Å²) >= 11 is 12.0. The van der Waals surface area contributed by atoms with Crippen LogP contribution < -0.4 is 5.32 Å². The molecule has 0 radical (unpaired) electrons. The van der Waals surface area contributed by atoms with E-state index in [1.54, 1.807) is 12.1 Å². The van der Waals surface area contributed by atoms with Crippen LogP contribution in [0.4, 0.5) is 0 Å². The lowest BCUT2D eigenvalue weighted by atomic mass is 10.1. The van der Waals surface area contributed by atoms with Crippen LogP contribution in [0.1, 0.15) is 18.4 Å². The van der Waals surface area contributed by atoms with Crippen molar-refractivity contribution in [2.24, 2.45) is 5.16 Å². The molecule has 1 aromatic carbocycles. The summed E-state index contributed by atoms with van der Waals surface area (Å²) in [4.78, 5) is 19.2. The molecule has 1 aliphatic heterocycles. The molecule has 0 aliphatic carbocycles. The molecule has 8 heteroatoms. The van der Waals surface area contributed by atoms with Gasteiger partial charge in [0.05, 0.1) is 29.0 Å². The van der Waals surface area contributed by atoms with Crippen LogP contribution in [0.15, 0.2) is 23.4 Å². The Morgan fingerprint density at radius 3 is 2.72 bits per heavy atom. The third-order valence-corrected chi connectivity index (χ3v) is 4.64. The zero-order valence-corrected chi connectivity index (χ0v) is 15.8. The van der Waals surface area contributed by atoms with E-state index in [9.17, 15) is 4.79 Å². The molecule has 25 heavy (non-hydrogen) atoms. The highest BCUT2D eigenvalue weighted by Crippen LogP contribution is 2.23. The largest absolute Gasteiger partial charge is 0.399 e. The standard InChI is InChI=1S/C17H23Cl2N3O3/c1-24-21-16(13-2-3-14(18)15(19)12-13)4-5-17(23)20-6-7-22-8-10-25-11-9-22/h2-3,12H,4-11H2,1H3,(H,20,23)/b21-16-. The summed E-state index contributed by atoms with van der Waals surface area (Å²) in [6.45, 7) is 4.81. The molecular formula is C17H23Cl2N3O3. The Balaban J connectivity index is 1.78. The summed E-state index contributed by atoms with van der Waals surface area (Å²) in [5.41, 5.74) is 1.45. The molecule has 0 bridgehead atoms. The number of carbonyl (C=O) groups excluding carboxylic acids is 1. The van der Waals surface area contributed by atoms with Crippen molar-refractivity contribution in [1.29, 1.82) is 0 Å². The van der Waals surface area contributed by atoms with E-state index in [0.29, 0.717) is 35.1 Å². The number of morpholine rings is 1. The molecule has 1 aliphatic rings. The SMILES string of the molecule is CO/N=C(/CCC(=O)NCCN1CCOCC1)c1ccc(Cl)c(Cl)c1. The number of hydrogen-bond donors (Lipinski definition) is 1. The maximum atomic E-state index is 12.0. The van der Waals surface area contributed by atoms with Gasteiger partial charge in [0, 0.05) is 44.6 Å². The van der Waals surface area contributed by atoms with Crippen LogP contribution in [0, 0.1) is 0 Å². The van der Waals surface area contributed by atoms with E-state index in [1.807, 2.05) is 6.07 Å². The molecule has 1 aromatic rings. The van der Waals surface area contributed by atoms with Gasteiger partial charge in [-0.3, -0.25) is 9.69 Å². The van der Waals surface area contributed by atoms with E-state index in [1.165, 1.54) is 7.11 Å². The number of halogens is 2. The summed E-state index contributed by atoms with van der Waals surface area (Å²) in [6, 6.07) is 5.23. The molecule has 0 saturated carbocycles. The molecule has 6 nitrogen and oxygen atoms in total. The Hall–Kier alpha value is -1.34. The fourth-order valence-electron chi connectivity index (χ4n) is 2.53. The van der Waals surface area contributed by atoms with Gasteiger partial charge in [0.2, 0.25) is 5.91 Å². The van der Waals surface area contributed by atoms with Gasteiger partial charge in [-0.05, 0) is 12.1 Å². The van der Waals surface area contributed by atoms with Crippen molar-refractivity contribution in [3.05, 3.63) is 33.8 Å². The number of carbonyl (C=O) groups is 1. The van der Waals surface area contributed by atoms with E-state index in [-0.39, 0.29) is 5.91 Å². The fraction of sp³-hybridized carbons (Fsp3) is 0.529. The zero-order valence-electron chi connectivity index (χ0n) is 14.3. The Bertz CT molecular complexity index is 605. The van der Waals surface area contributed by atoms with Crippen molar-refractivity contribution >= 4 is 34.8 Å². The third-order valence-electron chi connectivity index (χ3n) is 3.90. The number of nitrogens with zero attached hydrogens (tertiary/aromatic N) is 2. The highest BCUT2D eigenvalue weighted by atomic mass is 35.5. The predicted octanol–water partition coefficient (Wildman–Crippen LogP) is 2.57. The normalized spacial score (nSPS) is 15.9. The Morgan fingerprint density at radius 1 is 1.28 bits per heavy atom. The maximum absolute atomic E-state index is 12.0. The molecule has 138 valence electrons. The average Bonchev–Trinajstić information content (AvgIpc) is 2.62. The van der Waals surface area contributed by atoms with Crippen molar-refractivity contribution < 1.29 is 14.4 Å². The molecule has 1 amide bonds. The molecule has 0 unspecified atom stereocenters. The fourth-order valence-corrected chi connectivity index (χ4v) is 2.83. The Labute approximate surface area is 158 Å². The zero-order chi connectivity index (χ0) is 18.1. The Morgan fingerprint density at radius 2 is 2.04 bits per heavy atom. The van der Waals surface area contributed by atoms with Gasteiger partial charge >= 0.3 is 0 Å². The van der Waals surface area contributed by atoms with Gasteiger partial charge in [0.1, 0.15) is 7.11 Å². The van der Waals surface area contributed by atoms with Crippen LogP contribution in [0.2, 0.25) is 10.0 Å². The predicted molar refractivity (Wildman–Crippen MR) is 99.5 cm³/mol. The van der Waals surface area contributed by atoms with Crippen LogP contribution in [0.25, 0.3) is 0 Å². The molecule has 1 N–H and O–H groups in total. The smallest absolute Gasteiger partial charge is 0.220 e. The highest BCUT2D eigenvalue weighted by Gasteiger charge is 2.12. The lowest BCUT2D eigenvalue weighted by Crippen LogP contribution is -2.41. The van der Waals surface area contributed by atoms with Gasteiger partial charge in [0.25, 0.3) is 0 Å². The van der Waals surface area contributed by atoms with Crippen LogP contribution in [-0.2, 0) is 14.4 Å². The first-order valence-corrected chi connectivity index (χ1v) is 8.98. The number of amides is 1. The van der Waals surface area contributed by atoms with Crippen LogP contribution >= 0.6 is 23.2 Å². The molecule has 2 rings (SSSR count). The monoisotopic (exact) mass is 387 g/mol. The van der Waals surface area contributed by atoms with Crippen LogP contribution in [-0.4, -0.2) is 63.0 Å². The van der Waals surface area contributed by atoms with Crippen molar-refractivity contribution in [2.45, 2.75) is 12.8 Å². The number of ether oxygens (including phenoxy) is 1. The Kier molecular flexibility index (Phi) is 8.48. The molecule has 1 saturated heterocycles. The van der Waals surface area contributed by atoms with Crippen molar-refractivity contribution in [3.63, 3.8) is 0 Å². The lowest BCUT2D eigenvalue weighted by molar-refractivity contribution is -0.121. The minimum Gasteiger partial charge on any atom is -0.399 e. The number of rotatable bonds is 8. The second-order valence-electron chi connectivity index (χ2n) is 5.65. The third kappa shape index (κ3) is 6.82. The maximum Gasteiger partial charge on any atom is 0.220 e. The topological polar surface area (TPSA) is 63.2 Å². The molecule has 0 atom stereocenters. The molecule has 0 aromatic heterocycles. The lowest BCUT2D eigenvalue weighted by Gasteiger charge is -2.26. The number of nitrogens with one attached hydrogen (secondary N) is 1. The van der Waals surface area contributed by atoms with E-state index in [4.69, 9.17) is 32.8 Å². The molecular weight excluding hydrogens is 365 g/mol. The van der Waals surface area contributed by atoms with Gasteiger partial charge in [-0.1, -0.05) is 34.4 Å². The first-order chi connectivity index (χ1) is 12.1. The van der Waals surface area contributed by atoms with Gasteiger partial charge in [-0.25, -0.2) is 0 Å². The number of oxime groups is 1. The van der Waals surface area contributed by atoms with Crippen molar-refractivity contribution in [3.8, 4) is 0 Å². The van der Waals surface area contributed by atoms with E-state index in [0.717, 1.165) is 38.4 Å². The molecule has 1 heterocycles. The van der Waals surface area contributed by atoms with Gasteiger partial charge in [0.15, 0.2) is 0 Å². The number of benzene rings is 1. The van der Waals surface area contributed by atoms with Crippen LogP contribution in [0.3, 0.4) is 0 Å². The van der Waals surface area contributed by atoms with Crippen LogP contribution in [0.5, 0.6) is 0 Å². The molecule has 1 fully saturated rings. The summed E-state index contributed by atoms with van der Waals surface area (Å²) in [5, 5.41) is 7.86. The minimum absolute atomic E-state index is 0.0166. The second-order valence-corrected chi connectivity index (χ2v) is 6.47. The average molecular weight is 388 g/mol. The minimum atomic E-state index is -0.0166. The highest BCUT2D eigenvalue weighted by molar-refractivity contribution is 6.42. The van der Waals surface area contributed by atoms with Gasteiger partial charge in [-0.15, -0.1) is 0 Å².